The number of nitrogens with zero attached hydrogens (tertiary/aromatic N) is 2. The molecule has 0 aliphatic carbocycles. The predicted molar refractivity (Wildman–Crippen MR) is 88.1 cm³/mol. The normalized spacial score (nSPS) is 26.5. The highest BCUT2D eigenvalue weighted by Gasteiger charge is 2.54. The minimum absolute atomic E-state index is 0.0227. The average molecular weight is 366 g/mol. The molecule has 0 aromatic carbocycles. The largest absolute Gasteiger partial charge is 0.490 e. The van der Waals surface area contributed by atoms with Gasteiger partial charge in [-0.2, -0.15) is 13.2 Å². The van der Waals surface area contributed by atoms with Gasteiger partial charge in [-0.25, -0.2) is 4.79 Å². The van der Waals surface area contributed by atoms with E-state index in [0.29, 0.717) is 18.0 Å². The molecule has 1 amide bonds. The summed E-state index contributed by atoms with van der Waals surface area (Å²) in [7, 11) is 0. The van der Waals surface area contributed by atoms with Crippen LogP contribution < -0.4 is 0 Å². The fourth-order valence-electron chi connectivity index (χ4n) is 3.36. The number of carboxylic acids is 1. The molecule has 2 aliphatic rings. The van der Waals surface area contributed by atoms with Gasteiger partial charge in [0.1, 0.15) is 0 Å². The van der Waals surface area contributed by atoms with E-state index < -0.39 is 12.1 Å². The van der Waals surface area contributed by atoms with Crippen LogP contribution in [0.1, 0.15) is 53.4 Å². The second-order valence-electron chi connectivity index (χ2n) is 7.10. The van der Waals surface area contributed by atoms with Gasteiger partial charge in [0.05, 0.1) is 5.41 Å². The lowest BCUT2D eigenvalue weighted by Gasteiger charge is -2.56. The first kappa shape index (κ1) is 21.7. The van der Waals surface area contributed by atoms with Crippen LogP contribution in [0.25, 0.3) is 0 Å². The van der Waals surface area contributed by atoms with Crippen molar-refractivity contribution in [3.63, 3.8) is 0 Å². The predicted octanol–water partition coefficient (Wildman–Crippen LogP) is 3.14. The van der Waals surface area contributed by atoms with Crippen molar-refractivity contribution in [1.29, 1.82) is 0 Å². The Labute approximate surface area is 147 Å². The molecule has 2 aliphatic heterocycles. The third-order valence-electron chi connectivity index (χ3n) is 5.37. The third kappa shape index (κ3) is 5.09. The number of piperidine rings is 1. The minimum atomic E-state index is -5.08. The number of aliphatic carboxylic acids is 1. The van der Waals surface area contributed by atoms with Crippen LogP contribution >= 0.6 is 0 Å². The second kappa shape index (κ2) is 8.38. The lowest BCUT2D eigenvalue weighted by atomic mass is 9.71. The number of carboxylic acid groups (broad SMARTS) is 1. The first-order chi connectivity index (χ1) is 11.5. The van der Waals surface area contributed by atoms with E-state index in [9.17, 15) is 18.0 Å². The number of β-lactam (4-membered cyclic amide) rings is 1. The maximum atomic E-state index is 12.5. The number of amides is 1. The van der Waals surface area contributed by atoms with E-state index in [1.807, 2.05) is 0 Å². The molecule has 1 spiro atoms. The van der Waals surface area contributed by atoms with E-state index in [0.717, 1.165) is 25.9 Å². The van der Waals surface area contributed by atoms with E-state index in [1.54, 1.807) is 0 Å². The standard InChI is InChI=1S/C15H28N2O.C2HF3O2/c1-5-12(3)16-9-7-8-15(10-16)11-17(14(15)18)13(4)6-2;3-2(4,5)1(6)7/h12-13H,5-11H2,1-4H3;(H,6,7). The molecule has 0 radical (unpaired) electrons. The Morgan fingerprint density at radius 1 is 1.20 bits per heavy atom. The Kier molecular flexibility index (Phi) is 7.28. The van der Waals surface area contributed by atoms with Gasteiger partial charge >= 0.3 is 12.1 Å². The van der Waals surface area contributed by atoms with Crippen molar-refractivity contribution >= 4 is 11.9 Å². The Hall–Kier alpha value is -1.31. The zero-order chi connectivity index (χ0) is 19.4. The topological polar surface area (TPSA) is 60.9 Å². The Morgan fingerprint density at radius 2 is 1.72 bits per heavy atom. The molecular formula is C17H29F3N2O3. The second-order valence-corrected chi connectivity index (χ2v) is 7.10. The number of carbonyl (C=O) groups is 2. The van der Waals surface area contributed by atoms with Gasteiger partial charge in [0.2, 0.25) is 5.91 Å². The molecule has 8 heteroatoms. The van der Waals surface area contributed by atoms with Gasteiger partial charge < -0.3 is 10.0 Å². The fraction of sp³-hybridized carbons (Fsp3) is 0.882. The highest BCUT2D eigenvalue weighted by Crippen LogP contribution is 2.42. The summed E-state index contributed by atoms with van der Waals surface area (Å²) in [6, 6.07) is 1.04. The molecule has 2 fully saturated rings. The number of rotatable bonds is 4. The third-order valence-corrected chi connectivity index (χ3v) is 5.37. The van der Waals surface area contributed by atoms with Crippen molar-refractivity contribution in [3.8, 4) is 0 Å². The van der Waals surface area contributed by atoms with Crippen molar-refractivity contribution in [3.05, 3.63) is 0 Å². The molecule has 3 atom stereocenters. The first-order valence-corrected chi connectivity index (χ1v) is 8.83. The number of hydrogen-bond acceptors (Lipinski definition) is 3. The Balaban J connectivity index is 0.000000381. The quantitative estimate of drug-likeness (QED) is 0.777. The number of halogens is 3. The van der Waals surface area contributed by atoms with Crippen LogP contribution in [0.4, 0.5) is 13.2 Å². The van der Waals surface area contributed by atoms with E-state index in [1.165, 1.54) is 19.4 Å². The summed E-state index contributed by atoms with van der Waals surface area (Å²) in [4.78, 5) is 26.0. The number of alkyl halides is 3. The molecule has 0 aromatic heterocycles. The molecule has 3 unspecified atom stereocenters. The van der Waals surface area contributed by atoms with Crippen LogP contribution in [-0.4, -0.2) is 64.7 Å². The van der Waals surface area contributed by atoms with Crippen molar-refractivity contribution < 1.29 is 27.9 Å². The molecule has 5 nitrogen and oxygen atoms in total. The zero-order valence-electron chi connectivity index (χ0n) is 15.4. The van der Waals surface area contributed by atoms with Crippen molar-refractivity contribution in [2.75, 3.05) is 19.6 Å². The fourth-order valence-corrected chi connectivity index (χ4v) is 3.36. The van der Waals surface area contributed by atoms with Crippen molar-refractivity contribution in [1.82, 2.24) is 9.80 Å². The molecule has 0 aromatic rings. The lowest BCUT2D eigenvalue weighted by molar-refractivity contribution is -0.192. The van der Waals surface area contributed by atoms with Crippen LogP contribution in [0.2, 0.25) is 0 Å². The smallest absolute Gasteiger partial charge is 0.475 e. The number of likely N-dealkylation sites (tertiary alicyclic amines) is 2. The minimum Gasteiger partial charge on any atom is -0.475 e. The molecule has 2 rings (SSSR count). The number of carbonyl (C=O) groups excluding carboxylic acids is 1. The summed E-state index contributed by atoms with van der Waals surface area (Å²) >= 11 is 0. The average Bonchev–Trinajstić information content (AvgIpc) is 2.58. The molecule has 0 saturated carbocycles. The zero-order valence-corrected chi connectivity index (χ0v) is 15.4. The molecule has 2 saturated heterocycles. The summed E-state index contributed by atoms with van der Waals surface area (Å²) in [5.74, 6) is -2.34. The van der Waals surface area contributed by atoms with Crippen molar-refractivity contribution in [2.24, 2.45) is 5.41 Å². The Morgan fingerprint density at radius 3 is 2.12 bits per heavy atom. The molecule has 146 valence electrons. The SMILES string of the molecule is CCC(C)N1CCCC2(C1)CN(C(C)CC)C2=O.O=C(O)C(F)(F)F. The molecule has 1 N–H and O–H groups in total. The number of hydrogen-bond donors (Lipinski definition) is 1. The maximum Gasteiger partial charge on any atom is 0.490 e. The molecule has 2 heterocycles. The van der Waals surface area contributed by atoms with Gasteiger partial charge in [-0.15, -0.1) is 0 Å². The monoisotopic (exact) mass is 366 g/mol. The van der Waals surface area contributed by atoms with Gasteiger partial charge in [-0.1, -0.05) is 13.8 Å². The van der Waals surface area contributed by atoms with Crippen LogP contribution in [0.15, 0.2) is 0 Å². The van der Waals surface area contributed by atoms with Crippen LogP contribution in [0, 0.1) is 5.41 Å². The lowest BCUT2D eigenvalue weighted by Crippen LogP contribution is -2.69. The van der Waals surface area contributed by atoms with E-state index in [4.69, 9.17) is 9.90 Å². The Bertz CT molecular complexity index is 484. The van der Waals surface area contributed by atoms with Crippen LogP contribution in [0.3, 0.4) is 0 Å². The highest BCUT2D eigenvalue weighted by atomic mass is 19.4. The van der Waals surface area contributed by atoms with Gasteiger partial charge in [0.25, 0.3) is 0 Å². The summed E-state index contributed by atoms with van der Waals surface area (Å²) in [6.45, 7) is 12.0. The first-order valence-electron chi connectivity index (χ1n) is 8.83. The van der Waals surface area contributed by atoms with Crippen LogP contribution in [-0.2, 0) is 9.59 Å². The molecule has 0 bridgehead atoms. The van der Waals surface area contributed by atoms with Crippen LogP contribution in [0.5, 0.6) is 0 Å². The van der Waals surface area contributed by atoms with E-state index >= 15 is 0 Å². The van der Waals surface area contributed by atoms with E-state index in [-0.39, 0.29) is 5.41 Å². The molecule has 25 heavy (non-hydrogen) atoms. The summed E-state index contributed by atoms with van der Waals surface area (Å²) in [5.41, 5.74) is -0.0227. The summed E-state index contributed by atoms with van der Waals surface area (Å²) in [5, 5.41) is 7.12. The van der Waals surface area contributed by atoms with Gasteiger partial charge in [-0.05, 0) is 46.1 Å². The molecular weight excluding hydrogens is 337 g/mol. The van der Waals surface area contributed by atoms with Gasteiger partial charge in [0, 0.05) is 25.2 Å². The summed E-state index contributed by atoms with van der Waals surface area (Å²) < 4.78 is 31.7. The van der Waals surface area contributed by atoms with Gasteiger partial charge in [0.15, 0.2) is 0 Å². The summed E-state index contributed by atoms with van der Waals surface area (Å²) in [6.07, 6.45) is -0.549. The highest BCUT2D eigenvalue weighted by molar-refractivity contribution is 5.89. The maximum absolute atomic E-state index is 12.5. The van der Waals surface area contributed by atoms with Gasteiger partial charge in [-0.3, -0.25) is 9.69 Å². The van der Waals surface area contributed by atoms with E-state index in [2.05, 4.69) is 37.5 Å². The van der Waals surface area contributed by atoms with Crippen molar-refractivity contribution in [2.45, 2.75) is 71.6 Å².